The van der Waals surface area contributed by atoms with Crippen molar-refractivity contribution >= 4 is 39.3 Å². The van der Waals surface area contributed by atoms with Gasteiger partial charge < -0.3 is 9.47 Å². The Kier molecular flexibility index (Phi) is 6.76. The Labute approximate surface area is 203 Å². The predicted octanol–water partition coefficient (Wildman–Crippen LogP) is 3.74. The highest BCUT2D eigenvalue weighted by Gasteiger charge is 2.33. The zero-order chi connectivity index (χ0) is 23.5. The Morgan fingerprint density at radius 3 is 2.70 bits per heavy atom. The molecular formula is C25H21BrN2O4S. The molecule has 1 aromatic heterocycles. The van der Waals surface area contributed by atoms with E-state index in [0.717, 1.165) is 15.6 Å². The van der Waals surface area contributed by atoms with Gasteiger partial charge in [0.15, 0.2) is 4.80 Å². The van der Waals surface area contributed by atoms with Crippen LogP contribution in [-0.4, -0.2) is 24.3 Å². The number of thiazole rings is 1. The van der Waals surface area contributed by atoms with Gasteiger partial charge in [0.2, 0.25) is 0 Å². The molecule has 168 valence electrons. The topological polar surface area (TPSA) is 69.9 Å². The number of benzene rings is 2. The van der Waals surface area contributed by atoms with E-state index in [4.69, 9.17) is 9.47 Å². The average molecular weight is 525 g/mol. The third-order valence-corrected chi connectivity index (χ3v) is 6.63. The lowest BCUT2D eigenvalue weighted by atomic mass is 9.96. The second-order valence-corrected chi connectivity index (χ2v) is 9.22. The van der Waals surface area contributed by atoms with Gasteiger partial charge in [-0.3, -0.25) is 9.36 Å². The summed E-state index contributed by atoms with van der Waals surface area (Å²) in [6.45, 7) is 5.42. The van der Waals surface area contributed by atoms with Crippen LogP contribution >= 0.6 is 27.3 Å². The van der Waals surface area contributed by atoms with E-state index in [1.165, 1.54) is 17.4 Å². The van der Waals surface area contributed by atoms with Crippen LogP contribution in [0.1, 0.15) is 24.1 Å². The Morgan fingerprint density at radius 2 is 2.03 bits per heavy atom. The molecule has 1 unspecified atom stereocenters. The number of rotatable bonds is 6. The van der Waals surface area contributed by atoms with Gasteiger partial charge in [0.05, 0.1) is 29.0 Å². The van der Waals surface area contributed by atoms with Crippen molar-refractivity contribution in [2.75, 3.05) is 13.7 Å². The molecule has 8 heteroatoms. The summed E-state index contributed by atoms with van der Waals surface area (Å²) < 4.78 is 13.6. The average Bonchev–Trinajstić information content (AvgIpc) is 3.11. The number of halogens is 1. The molecule has 1 aliphatic heterocycles. The molecular weight excluding hydrogens is 504 g/mol. The molecule has 0 saturated carbocycles. The number of nitrogens with zero attached hydrogens (tertiary/aromatic N) is 2. The summed E-state index contributed by atoms with van der Waals surface area (Å²) in [7, 11) is 1.59. The van der Waals surface area contributed by atoms with E-state index in [2.05, 4.69) is 27.5 Å². The first kappa shape index (κ1) is 22.9. The molecule has 0 aliphatic carbocycles. The van der Waals surface area contributed by atoms with E-state index in [1.807, 2.05) is 42.5 Å². The smallest absolute Gasteiger partial charge is 0.338 e. The molecule has 0 amide bonds. The first-order chi connectivity index (χ1) is 15.9. The molecule has 2 heterocycles. The van der Waals surface area contributed by atoms with Crippen molar-refractivity contribution in [3.63, 3.8) is 0 Å². The predicted molar refractivity (Wildman–Crippen MR) is 132 cm³/mol. The summed E-state index contributed by atoms with van der Waals surface area (Å²) in [4.78, 5) is 31.7. The van der Waals surface area contributed by atoms with E-state index in [0.29, 0.717) is 26.4 Å². The maximum absolute atomic E-state index is 13.6. The standard InChI is InChI=1S/C25H21BrN2O4S/c1-4-12-32-24(30)21-15(2)27-25-28(22(21)17-8-10-19(31-3)11-9-17)23(29)20(33-25)14-16-6-5-7-18(26)13-16/h4-11,13-14,22H,1,12H2,2-3H3/b20-14-. The van der Waals surface area contributed by atoms with E-state index < -0.39 is 12.0 Å². The van der Waals surface area contributed by atoms with E-state index in [-0.39, 0.29) is 12.2 Å². The maximum atomic E-state index is 13.6. The molecule has 6 nitrogen and oxygen atoms in total. The van der Waals surface area contributed by atoms with E-state index in [1.54, 1.807) is 30.7 Å². The van der Waals surface area contributed by atoms with Crippen molar-refractivity contribution in [2.45, 2.75) is 13.0 Å². The minimum absolute atomic E-state index is 0.0677. The van der Waals surface area contributed by atoms with Crippen LogP contribution in [0.2, 0.25) is 0 Å². The number of allylic oxidation sites excluding steroid dienone is 1. The molecule has 0 fully saturated rings. The maximum Gasteiger partial charge on any atom is 0.338 e. The molecule has 0 N–H and O–H groups in total. The fraction of sp³-hybridized carbons (Fsp3) is 0.160. The van der Waals surface area contributed by atoms with Gasteiger partial charge in [-0.05, 0) is 48.4 Å². The van der Waals surface area contributed by atoms with Crippen molar-refractivity contribution < 1.29 is 14.3 Å². The fourth-order valence-electron chi connectivity index (χ4n) is 3.64. The van der Waals surface area contributed by atoms with Crippen LogP contribution in [0.15, 0.2) is 86.7 Å². The Bertz CT molecular complexity index is 1430. The molecule has 1 aliphatic rings. The van der Waals surface area contributed by atoms with Gasteiger partial charge >= 0.3 is 5.97 Å². The van der Waals surface area contributed by atoms with Crippen molar-refractivity contribution in [3.05, 3.63) is 108 Å². The first-order valence-electron chi connectivity index (χ1n) is 10.1. The van der Waals surface area contributed by atoms with Gasteiger partial charge in [0.1, 0.15) is 12.4 Å². The number of esters is 1. The first-order valence-corrected chi connectivity index (χ1v) is 11.7. The van der Waals surface area contributed by atoms with E-state index >= 15 is 0 Å². The summed E-state index contributed by atoms with van der Waals surface area (Å²) in [6.07, 6.45) is 3.33. The molecule has 0 spiro atoms. The van der Waals surface area contributed by atoms with Crippen molar-refractivity contribution in [2.24, 2.45) is 4.99 Å². The normalized spacial score (nSPS) is 15.6. The quantitative estimate of drug-likeness (QED) is 0.363. The second kappa shape index (κ2) is 9.72. The number of carbonyl (C=O) groups excluding carboxylic acids is 1. The highest BCUT2D eigenvalue weighted by atomic mass is 79.9. The zero-order valence-corrected chi connectivity index (χ0v) is 20.5. The number of methoxy groups -OCH3 is 1. The molecule has 0 saturated heterocycles. The van der Waals surface area contributed by atoms with Crippen LogP contribution in [0.3, 0.4) is 0 Å². The number of hydrogen-bond donors (Lipinski definition) is 0. The molecule has 0 bridgehead atoms. The number of carbonyl (C=O) groups is 1. The Morgan fingerprint density at radius 1 is 1.27 bits per heavy atom. The zero-order valence-electron chi connectivity index (χ0n) is 18.1. The van der Waals surface area contributed by atoms with Gasteiger partial charge in [-0.15, -0.1) is 0 Å². The van der Waals surface area contributed by atoms with Crippen LogP contribution in [0.5, 0.6) is 5.75 Å². The van der Waals surface area contributed by atoms with Crippen LogP contribution in [0.4, 0.5) is 0 Å². The molecule has 33 heavy (non-hydrogen) atoms. The monoisotopic (exact) mass is 524 g/mol. The van der Waals surface area contributed by atoms with Crippen molar-refractivity contribution in [1.82, 2.24) is 4.57 Å². The molecule has 2 aromatic carbocycles. The minimum atomic E-state index is -0.672. The molecule has 4 rings (SSSR count). The third kappa shape index (κ3) is 4.62. The van der Waals surface area contributed by atoms with Gasteiger partial charge in [-0.25, -0.2) is 9.79 Å². The number of aromatic nitrogens is 1. The summed E-state index contributed by atoms with van der Waals surface area (Å²) >= 11 is 4.75. The molecule has 1 atom stereocenters. The SMILES string of the molecule is C=CCOC(=O)C1=C(C)N=c2s/c(=C\c3cccc(Br)c3)c(=O)n2C1c1ccc(OC)cc1. The lowest BCUT2D eigenvalue weighted by Gasteiger charge is -2.24. The molecule has 0 radical (unpaired) electrons. The van der Waals surface area contributed by atoms with Gasteiger partial charge in [0.25, 0.3) is 5.56 Å². The number of hydrogen-bond acceptors (Lipinski definition) is 6. The number of ether oxygens (including phenoxy) is 2. The van der Waals surface area contributed by atoms with Crippen molar-refractivity contribution in [3.8, 4) is 5.75 Å². The highest BCUT2D eigenvalue weighted by Crippen LogP contribution is 2.31. The fourth-order valence-corrected chi connectivity index (χ4v) is 5.11. The minimum Gasteiger partial charge on any atom is -0.497 e. The third-order valence-electron chi connectivity index (χ3n) is 5.15. The largest absolute Gasteiger partial charge is 0.497 e. The van der Waals surface area contributed by atoms with E-state index in [9.17, 15) is 9.59 Å². The summed E-state index contributed by atoms with van der Waals surface area (Å²) in [5, 5.41) is 0. The molecule has 3 aromatic rings. The van der Waals surface area contributed by atoms with Crippen LogP contribution in [0.25, 0.3) is 6.08 Å². The summed E-state index contributed by atoms with van der Waals surface area (Å²) in [5.74, 6) is 0.149. The summed E-state index contributed by atoms with van der Waals surface area (Å²) in [6, 6.07) is 14.3. The van der Waals surface area contributed by atoms with Gasteiger partial charge in [0, 0.05) is 4.47 Å². The summed E-state index contributed by atoms with van der Waals surface area (Å²) in [5.41, 5.74) is 2.26. The van der Waals surface area contributed by atoms with Crippen LogP contribution in [-0.2, 0) is 9.53 Å². The van der Waals surface area contributed by atoms with Gasteiger partial charge in [-0.1, -0.05) is 64.2 Å². The van der Waals surface area contributed by atoms with Crippen molar-refractivity contribution in [1.29, 1.82) is 0 Å². The van der Waals surface area contributed by atoms with Crippen LogP contribution < -0.4 is 19.6 Å². The lowest BCUT2D eigenvalue weighted by Crippen LogP contribution is -2.39. The van der Waals surface area contributed by atoms with Gasteiger partial charge in [-0.2, -0.15) is 0 Å². The Hall–Kier alpha value is -3.23. The Balaban J connectivity index is 1.92. The highest BCUT2D eigenvalue weighted by molar-refractivity contribution is 9.10. The second-order valence-electron chi connectivity index (χ2n) is 7.30. The number of fused-ring (bicyclic) bond motifs is 1. The lowest BCUT2D eigenvalue weighted by molar-refractivity contribution is -0.138. The van der Waals surface area contributed by atoms with Crippen LogP contribution in [0, 0.1) is 0 Å².